The normalized spacial score (nSPS) is 22.3. The molecule has 0 aromatic heterocycles. The van der Waals surface area contributed by atoms with E-state index >= 15 is 0 Å². The molecule has 1 fully saturated rings. The van der Waals surface area contributed by atoms with Crippen LogP contribution < -0.4 is 10.1 Å². The van der Waals surface area contributed by atoms with Crippen LogP contribution in [0.3, 0.4) is 0 Å². The van der Waals surface area contributed by atoms with Crippen LogP contribution in [0.5, 0.6) is 5.75 Å². The minimum atomic E-state index is -0.383. The molecule has 2 rings (SSSR count). The van der Waals surface area contributed by atoms with E-state index in [-0.39, 0.29) is 16.7 Å². The summed E-state index contributed by atoms with van der Waals surface area (Å²) in [5, 5.41) is 13.9. The van der Waals surface area contributed by atoms with Gasteiger partial charge in [0.25, 0.3) is 5.69 Å². The third-order valence-corrected chi connectivity index (χ3v) is 4.04. The number of nitrogens with zero attached hydrogens (tertiary/aromatic N) is 1. The fourth-order valence-corrected chi connectivity index (χ4v) is 2.87. The molecule has 0 bridgehead atoms. The predicted octanol–water partition coefficient (Wildman–Crippen LogP) is 3.98. The van der Waals surface area contributed by atoms with Gasteiger partial charge in [0.15, 0.2) is 0 Å². The van der Waals surface area contributed by atoms with Gasteiger partial charge in [-0.25, -0.2) is 0 Å². The largest absolute Gasteiger partial charge is 0.490 e. The van der Waals surface area contributed by atoms with Crippen molar-refractivity contribution in [3.05, 3.63) is 28.3 Å². The summed E-state index contributed by atoms with van der Waals surface area (Å²) in [5.74, 6) is 1.15. The van der Waals surface area contributed by atoms with Crippen molar-refractivity contribution in [1.82, 2.24) is 0 Å². The molecule has 0 saturated heterocycles. The van der Waals surface area contributed by atoms with Gasteiger partial charge in [0.2, 0.25) is 0 Å². The van der Waals surface area contributed by atoms with Crippen molar-refractivity contribution in [3.8, 4) is 5.75 Å². The molecular formula is C15H22N2O3. The number of anilines is 1. The van der Waals surface area contributed by atoms with E-state index in [1.54, 1.807) is 7.05 Å². The molecule has 0 amide bonds. The smallest absolute Gasteiger partial charge is 0.275 e. The molecule has 1 aromatic carbocycles. The Labute approximate surface area is 119 Å². The Balaban J connectivity index is 2.18. The van der Waals surface area contributed by atoms with E-state index in [1.807, 2.05) is 6.07 Å². The van der Waals surface area contributed by atoms with Gasteiger partial charge in [-0.1, -0.05) is 13.3 Å². The Hall–Kier alpha value is -1.78. The van der Waals surface area contributed by atoms with Crippen LogP contribution in [0, 0.1) is 16.0 Å². The lowest BCUT2D eigenvalue weighted by Crippen LogP contribution is -2.29. The van der Waals surface area contributed by atoms with Crippen molar-refractivity contribution in [3.63, 3.8) is 0 Å². The second-order valence-electron chi connectivity index (χ2n) is 5.33. The maximum Gasteiger partial charge on any atom is 0.275 e. The van der Waals surface area contributed by atoms with Gasteiger partial charge >= 0.3 is 0 Å². The topological polar surface area (TPSA) is 64.4 Å². The third-order valence-electron chi connectivity index (χ3n) is 4.04. The molecule has 5 heteroatoms. The number of non-ortho nitro benzene ring substituents is 1. The maximum atomic E-state index is 11.0. The fraction of sp³-hybridized carbons (Fsp3) is 0.600. The zero-order valence-electron chi connectivity index (χ0n) is 12.1. The van der Waals surface area contributed by atoms with E-state index in [1.165, 1.54) is 31.4 Å². The monoisotopic (exact) mass is 278 g/mol. The number of nitrogens with one attached hydrogen (secondary N) is 1. The molecule has 1 N–H and O–H groups in total. The summed E-state index contributed by atoms with van der Waals surface area (Å²) in [5.41, 5.74) is 0.772. The summed E-state index contributed by atoms with van der Waals surface area (Å²) in [6.45, 7) is 2.18. The molecule has 1 saturated carbocycles. The van der Waals surface area contributed by atoms with E-state index in [0.717, 1.165) is 12.8 Å². The molecule has 0 radical (unpaired) electrons. The second kappa shape index (κ2) is 6.59. The maximum absolute atomic E-state index is 11.0. The fourth-order valence-electron chi connectivity index (χ4n) is 2.87. The lowest BCUT2D eigenvalue weighted by atomic mass is 9.85. The Morgan fingerprint density at radius 2 is 2.10 bits per heavy atom. The van der Waals surface area contributed by atoms with Crippen molar-refractivity contribution in [2.45, 2.75) is 45.1 Å². The first-order valence-corrected chi connectivity index (χ1v) is 7.28. The van der Waals surface area contributed by atoms with Crippen LogP contribution in [0.25, 0.3) is 0 Å². The molecule has 1 aliphatic carbocycles. The summed E-state index contributed by atoms with van der Waals surface area (Å²) in [7, 11) is 1.75. The molecule has 110 valence electrons. The Bertz CT molecular complexity index is 476. The Kier molecular flexibility index (Phi) is 4.82. The van der Waals surface area contributed by atoms with Gasteiger partial charge in [-0.3, -0.25) is 10.1 Å². The van der Waals surface area contributed by atoms with Gasteiger partial charge in [0.05, 0.1) is 11.0 Å². The number of hydrogen-bond donors (Lipinski definition) is 1. The number of hydrogen-bond acceptors (Lipinski definition) is 4. The highest BCUT2D eigenvalue weighted by molar-refractivity contribution is 5.56. The molecule has 1 aromatic rings. The van der Waals surface area contributed by atoms with E-state index in [4.69, 9.17) is 4.74 Å². The average Bonchev–Trinajstić information content (AvgIpc) is 2.47. The van der Waals surface area contributed by atoms with Crippen LogP contribution in [0.15, 0.2) is 18.2 Å². The van der Waals surface area contributed by atoms with Gasteiger partial charge in [-0.05, 0) is 31.6 Å². The van der Waals surface area contributed by atoms with Crippen molar-refractivity contribution < 1.29 is 9.66 Å². The standard InChI is InChI=1S/C15H22N2O3/c1-3-11-6-4-5-7-15(11)20-14-9-12(16-2)8-13(10-14)17(18)19/h8-11,15-16H,3-7H2,1-2H3. The molecule has 0 aliphatic heterocycles. The van der Waals surface area contributed by atoms with Crippen molar-refractivity contribution in [2.75, 3.05) is 12.4 Å². The average molecular weight is 278 g/mol. The zero-order chi connectivity index (χ0) is 14.5. The molecule has 2 atom stereocenters. The van der Waals surface area contributed by atoms with E-state index in [2.05, 4.69) is 12.2 Å². The lowest BCUT2D eigenvalue weighted by Gasteiger charge is -2.31. The van der Waals surface area contributed by atoms with E-state index < -0.39 is 0 Å². The van der Waals surface area contributed by atoms with Crippen molar-refractivity contribution in [1.29, 1.82) is 0 Å². The number of ether oxygens (including phenoxy) is 1. The highest BCUT2D eigenvalue weighted by atomic mass is 16.6. The van der Waals surface area contributed by atoms with Gasteiger partial charge in [0, 0.05) is 24.9 Å². The van der Waals surface area contributed by atoms with E-state index in [0.29, 0.717) is 17.4 Å². The molecule has 1 aliphatic rings. The van der Waals surface area contributed by atoms with Crippen LogP contribution >= 0.6 is 0 Å². The SMILES string of the molecule is CCC1CCCCC1Oc1cc(NC)cc([N+](=O)[O-])c1. The summed E-state index contributed by atoms with van der Waals surface area (Å²) >= 11 is 0. The lowest BCUT2D eigenvalue weighted by molar-refractivity contribution is -0.384. The third kappa shape index (κ3) is 3.40. The zero-order valence-corrected chi connectivity index (χ0v) is 12.1. The molecule has 0 spiro atoms. The Morgan fingerprint density at radius 3 is 2.75 bits per heavy atom. The number of nitro groups is 1. The minimum absolute atomic E-state index is 0.0655. The van der Waals surface area contributed by atoms with Crippen LogP contribution in [0.4, 0.5) is 11.4 Å². The van der Waals surface area contributed by atoms with Crippen LogP contribution in [-0.2, 0) is 0 Å². The summed E-state index contributed by atoms with van der Waals surface area (Å²) in [4.78, 5) is 10.6. The van der Waals surface area contributed by atoms with Gasteiger partial charge in [-0.2, -0.15) is 0 Å². The highest BCUT2D eigenvalue weighted by Gasteiger charge is 2.25. The van der Waals surface area contributed by atoms with Gasteiger partial charge in [0.1, 0.15) is 11.9 Å². The molecule has 0 heterocycles. The summed E-state index contributed by atoms with van der Waals surface area (Å²) in [6.07, 6.45) is 5.94. The van der Waals surface area contributed by atoms with Gasteiger partial charge < -0.3 is 10.1 Å². The first kappa shape index (κ1) is 14.6. The predicted molar refractivity (Wildman–Crippen MR) is 79.3 cm³/mol. The van der Waals surface area contributed by atoms with Crippen molar-refractivity contribution in [2.24, 2.45) is 5.92 Å². The molecule has 20 heavy (non-hydrogen) atoms. The number of nitro benzene ring substituents is 1. The number of benzene rings is 1. The van der Waals surface area contributed by atoms with Crippen LogP contribution in [0.2, 0.25) is 0 Å². The van der Waals surface area contributed by atoms with Crippen LogP contribution in [0.1, 0.15) is 39.0 Å². The summed E-state index contributed by atoms with van der Waals surface area (Å²) < 4.78 is 6.05. The van der Waals surface area contributed by atoms with Crippen LogP contribution in [-0.4, -0.2) is 18.1 Å². The quantitative estimate of drug-likeness (QED) is 0.653. The second-order valence-corrected chi connectivity index (χ2v) is 5.33. The van der Waals surface area contributed by atoms with Gasteiger partial charge in [-0.15, -0.1) is 0 Å². The first-order chi connectivity index (χ1) is 9.63. The molecular weight excluding hydrogens is 256 g/mol. The summed E-state index contributed by atoms with van der Waals surface area (Å²) in [6, 6.07) is 4.86. The van der Waals surface area contributed by atoms with E-state index in [9.17, 15) is 10.1 Å². The highest BCUT2D eigenvalue weighted by Crippen LogP contribution is 2.33. The Morgan fingerprint density at radius 1 is 1.35 bits per heavy atom. The number of rotatable bonds is 5. The first-order valence-electron chi connectivity index (χ1n) is 7.28. The molecule has 2 unspecified atom stereocenters. The minimum Gasteiger partial charge on any atom is -0.490 e. The van der Waals surface area contributed by atoms with Crippen molar-refractivity contribution >= 4 is 11.4 Å². The molecule has 5 nitrogen and oxygen atoms in total.